The fraction of sp³-hybridized carbons (Fsp3) is 0. The number of benzene rings is 2. The van der Waals surface area contributed by atoms with Crippen LogP contribution >= 0.6 is 11.6 Å². The third-order valence-electron chi connectivity index (χ3n) is 3.30. The van der Waals surface area contributed by atoms with Crippen LogP contribution in [0.1, 0.15) is 20.8 Å². The summed E-state index contributed by atoms with van der Waals surface area (Å²) in [7, 11) is 0. The lowest BCUT2D eigenvalue weighted by atomic mass is 10.2. The molecule has 0 saturated carbocycles. The van der Waals surface area contributed by atoms with E-state index in [4.69, 9.17) is 11.6 Å². The van der Waals surface area contributed by atoms with Crippen molar-refractivity contribution in [3.63, 3.8) is 0 Å². The molecule has 3 aromatic rings. The number of pyridine rings is 1. The highest BCUT2D eigenvalue weighted by molar-refractivity contribution is 6.30. The first-order valence-electron chi connectivity index (χ1n) is 6.96. The van der Waals surface area contributed by atoms with Gasteiger partial charge >= 0.3 is 0 Å². The topological polar surface area (TPSA) is 71.1 Å². The van der Waals surface area contributed by atoms with Crippen LogP contribution in [-0.2, 0) is 0 Å². The summed E-state index contributed by atoms with van der Waals surface area (Å²) in [6, 6.07) is 14.2. The van der Waals surface area contributed by atoms with Crippen LogP contribution in [-0.4, -0.2) is 16.8 Å². The highest BCUT2D eigenvalue weighted by Gasteiger charge is 2.14. The van der Waals surface area contributed by atoms with Gasteiger partial charge in [0.15, 0.2) is 0 Å². The Morgan fingerprint density at radius 1 is 0.958 bits per heavy atom. The minimum Gasteiger partial charge on any atom is -0.267 e. The van der Waals surface area contributed by atoms with Gasteiger partial charge in [-0.25, -0.2) is 9.37 Å². The standard InChI is InChI=1S/C17H11ClFN3O2/c18-11-6-7-12(13(19)9-11)16(23)21-22-17(24)15-8-5-10-3-1-2-4-14(10)20-15/h1-9H,(H,21,23)(H,22,24). The molecular weight excluding hydrogens is 333 g/mol. The molecule has 24 heavy (non-hydrogen) atoms. The normalized spacial score (nSPS) is 10.4. The summed E-state index contributed by atoms with van der Waals surface area (Å²) in [5.74, 6) is -2.18. The Bertz CT molecular complexity index is 946. The smallest absolute Gasteiger partial charge is 0.267 e. The summed E-state index contributed by atoms with van der Waals surface area (Å²) in [6.07, 6.45) is 0. The summed E-state index contributed by atoms with van der Waals surface area (Å²) in [4.78, 5) is 28.2. The van der Waals surface area contributed by atoms with E-state index in [0.29, 0.717) is 5.52 Å². The lowest BCUT2D eigenvalue weighted by Gasteiger charge is -2.08. The Labute approximate surface area is 141 Å². The van der Waals surface area contributed by atoms with Gasteiger partial charge in [0.1, 0.15) is 11.5 Å². The molecule has 0 bridgehead atoms. The first-order chi connectivity index (χ1) is 11.5. The highest BCUT2D eigenvalue weighted by atomic mass is 35.5. The second kappa shape index (κ2) is 6.64. The molecule has 0 unspecified atom stereocenters. The molecule has 7 heteroatoms. The fourth-order valence-corrected chi connectivity index (χ4v) is 2.27. The summed E-state index contributed by atoms with van der Waals surface area (Å²) in [5.41, 5.74) is 4.90. The first kappa shape index (κ1) is 15.9. The molecule has 0 aliphatic carbocycles. The molecule has 120 valence electrons. The van der Waals surface area contributed by atoms with Crippen LogP contribution in [0.2, 0.25) is 5.02 Å². The van der Waals surface area contributed by atoms with Gasteiger partial charge in [0.2, 0.25) is 0 Å². The van der Waals surface area contributed by atoms with Crippen LogP contribution < -0.4 is 10.9 Å². The molecule has 1 aromatic heterocycles. The van der Waals surface area contributed by atoms with Crippen molar-refractivity contribution in [3.05, 3.63) is 76.7 Å². The summed E-state index contributed by atoms with van der Waals surface area (Å²) in [6.45, 7) is 0. The molecule has 0 aliphatic heterocycles. The molecule has 1 heterocycles. The Hall–Kier alpha value is -2.99. The summed E-state index contributed by atoms with van der Waals surface area (Å²) < 4.78 is 13.7. The van der Waals surface area contributed by atoms with Crippen molar-refractivity contribution in [2.45, 2.75) is 0 Å². The summed E-state index contributed by atoms with van der Waals surface area (Å²) >= 11 is 5.63. The van der Waals surface area contributed by atoms with Gasteiger partial charge in [-0.05, 0) is 30.3 Å². The number of hydrazine groups is 1. The Balaban J connectivity index is 1.71. The number of nitrogens with one attached hydrogen (secondary N) is 2. The Kier molecular flexibility index (Phi) is 4.39. The van der Waals surface area contributed by atoms with Crippen molar-refractivity contribution in [1.82, 2.24) is 15.8 Å². The van der Waals surface area contributed by atoms with Crippen molar-refractivity contribution < 1.29 is 14.0 Å². The maximum atomic E-state index is 13.7. The molecule has 0 spiro atoms. The maximum absolute atomic E-state index is 13.7. The van der Waals surface area contributed by atoms with Gasteiger partial charge in [0.05, 0.1) is 11.1 Å². The van der Waals surface area contributed by atoms with Crippen molar-refractivity contribution in [3.8, 4) is 0 Å². The van der Waals surface area contributed by atoms with E-state index in [2.05, 4.69) is 15.8 Å². The van der Waals surface area contributed by atoms with Crippen LogP contribution in [0.3, 0.4) is 0 Å². The Morgan fingerprint density at radius 2 is 1.71 bits per heavy atom. The highest BCUT2D eigenvalue weighted by Crippen LogP contribution is 2.14. The van der Waals surface area contributed by atoms with Crippen LogP contribution in [0.5, 0.6) is 0 Å². The maximum Gasteiger partial charge on any atom is 0.288 e. The van der Waals surface area contributed by atoms with E-state index in [-0.39, 0.29) is 16.3 Å². The average Bonchev–Trinajstić information content (AvgIpc) is 2.59. The largest absolute Gasteiger partial charge is 0.288 e. The average molecular weight is 344 g/mol. The van der Waals surface area contributed by atoms with E-state index < -0.39 is 17.6 Å². The lowest BCUT2D eigenvalue weighted by molar-refractivity contribution is 0.0842. The van der Waals surface area contributed by atoms with Gasteiger partial charge in [-0.1, -0.05) is 35.9 Å². The van der Waals surface area contributed by atoms with Crippen LogP contribution in [0.15, 0.2) is 54.6 Å². The number of fused-ring (bicyclic) bond motifs is 1. The molecule has 0 radical (unpaired) electrons. The predicted octanol–water partition coefficient (Wildman–Crippen LogP) is 3.10. The van der Waals surface area contributed by atoms with Gasteiger partial charge in [-0.2, -0.15) is 0 Å². The number of nitrogens with zero attached hydrogens (tertiary/aromatic N) is 1. The first-order valence-corrected chi connectivity index (χ1v) is 7.34. The van der Waals surface area contributed by atoms with Crippen LogP contribution in [0.4, 0.5) is 4.39 Å². The molecule has 0 atom stereocenters. The molecule has 5 nitrogen and oxygen atoms in total. The fourth-order valence-electron chi connectivity index (χ4n) is 2.11. The number of amides is 2. The molecule has 0 aliphatic rings. The van der Waals surface area contributed by atoms with Crippen molar-refractivity contribution in [2.24, 2.45) is 0 Å². The minimum atomic E-state index is -0.793. The summed E-state index contributed by atoms with van der Waals surface area (Å²) in [5, 5.41) is 1.06. The lowest BCUT2D eigenvalue weighted by Crippen LogP contribution is -2.42. The van der Waals surface area contributed by atoms with E-state index in [0.717, 1.165) is 11.5 Å². The van der Waals surface area contributed by atoms with Crippen LogP contribution in [0.25, 0.3) is 10.9 Å². The number of halogens is 2. The zero-order valence-electron chi connectivity index (χ0n) is 12.2. The quantitative estimate of drug-likeness (QED) is 0.702. The van der Waals surface area contributed by atoms with Gasteiger partial charge in [0, 0.05) is 10.4 Å². The van der Waals surface area contributed by atoms with E-state index in [9.17, 15) is 14.0 Å². The number of hydrogen-bond acceptors (Lipinski definition) is 3. The van der Waals surface area contributed by atoms with Crippen molar-refractivity contribution >= 4 is 34.3 Å². The van der Waals surface area contributed by atoms with Crippen LogP contribution in [0, 0.1) is 5.82 Å². The van der Waals surface area contributed by atoms with E-state index in [1.165, 1.54) is 18.2 Å². The van der Waals surface area contributed by atoms with Crippen molar-refractivity contribution in [2.75, 3.05) is 0 Å². The molecule has 2 N–H and O–H groups in total. The molecule has 0 fully saturated rings. The SMILES string of the molecule is O=C(NNC(=O)c1ccc(Cl)cc1F)c1ccc2ccccc2n1. The number of carbonyl (C=O) groups excluding carboxylic acids is 2. The number of carbonyl (C=O) groups is 2. The molecule has 3 rings (SSSR count). The third kappa shape index (κ3) is 3.33. The molecule has 2 amide bonds. The van der Waals surface area contributed by atoms with Gasteiger partial charge < -0.3 is 0 Å². The molecule has 2 aromatic carbocycles. The van der Waals surface area contributed by atoms with E-state index >= 15 is 0 Å². The molecule has 0 saturated heterocycles. The predicted molar refractivity (Wildman–Crippen MR) is 88.1 cm³/mol. The zero-order chi connectivity index (χ0) is 17.1. The van der Waals surface area contributed by atoms with E-state index in [1.807, 2.05) is 18.2 Å². The number of hydrogen-bond donors (Lipinski definition) is 2. The molecular formula is C17H11ClFN3O2. The van der Waals surface area contributed by atoms with Gasteiger partial charge in [-0.15, -0.1) is 0 Å². The number of rotatable bonds is 2. The minimum absolute atomic E-state index is 0.130. The monoisotopic (exact) mass is 343 g/mol. The number of aromatic nitrogens is 1. The second-order valence-electron chi connectivity index (χ2n) is 4.92. The second-order valence-corrected chi connectivity index (χ2v) is 5.36. The number of para-hydroxylation sites is 1. The zero-order valence-corrected chi connectivity index (χ0v) is 13.0. The van der Waals surface area contributed by atoms with Gasteiger partial charge in [-0.3, -0.25) is 20.4 Å². The van der Waals surface area contributed by atoms with Gasteiger partial charge in [0.25, 0.3) is 11.8 Å². The van der Waals surface area contributed by atoms with Crippen molar-refractivity contribution in [1.29, 1.82) is 0 Å². The van der Waals surface area contributed by atoms with E-state index in [1.54, 1.807) is 12.1 Å². The Morgan fingerprint density at radius 3 is 2.50 bits per heavy atom. The third-order valence-corrected chi connectivity index (χ3v) is 3.53.